The Morgan fingerprint density at radius 2 is 1.83 bits per heavy atom. The zero-order chi connectivity index (χ0) is 20.6. The number of halogens is 1. The number of carbonyl (C=O) groups excluding carboxylic acids is 2. The summed E-state index contributed by atoms with van der Waals surface area (Å²) < 4.78 is 11.0. The highest BCUT2D eigenvalue weighted by Crippen LogP contribution is 2.17. The normalized spacial score (nSPS) is 11.0. The molecule has 0 aliphatic rings. The average molecular weight is 455 g/mol. The smallest absolute Gasteiger partial charge is 0.268 e. The van der Waals surface area contributed by atoms with Crippen LogP contribution in [0.1, 0.15) is 21.7 Å². The Labute approximate surface area is 176 Å². The van der Waals surface area contributed by atoms with Crippen molar-refractivity contribution in [1.82, 2.24) is 10.6 Å². The molecule has 0 spiro atoms. The number of ether oxygens (including phenoxy) is 1. The third-order valence-electron chi connectivity index (χ3n) is 4.04. The molecule has 0 atom stereocenters. The van der Waals surface area contributed by atoms with Gasteiger partial charge in [0.25, 0.3) is 11.8 Å². The van der Waals surface area contributed by atoms with Crippen LogP contribution in [0.3, 0.4) is 0 Å². The third-order valence-corrected chi connectivity index (χ3v) is 4.73. The quantitative estimate of drug-likeness (QED) is 0.525. The molecule has 1 aromatic heterocycles. The molecule has 0 aliphatic heterocycles. The number of benzene rings is 2. The van der Waals surface area contributed by atoms with E-state index in [0.29, 0.717) is 21.5 Å². The van der Waals surface area contributed by atoms with Crippen molar-refractivity contribution >= 4 is 33.8 Å². The Kier molecular flexibility index (Phi) is 6.86. The molecule has 0 saturated carbocycles. The Balaban J connectivity index is 1.83. The van der Waals surface area contributed by atoms with Crippen molar-refractivity contribution in [1.29, 1.82) is 0 Å². The largest absolute Gasteiger partial charge is 0.497 e. The molecule has 1 heterocycles. The molecule has 0 aliphatic carbocycles. The zero-order valence-electron chi connectivity index (χ0n) is 15.6. The van der Waals surface area contributed by atoms with Gasteiger partial charge in [-0.3, -0.25) is 9.59 Å². The topological polar surface area (TPSA) is 80.6 Å². The lowest BCUT2D eigenvalue weighted by atomic mass is 10.1. The number of hydrogen-bond donors (Lipinski definition) is 2. The highest BCUT2D eigenvalue weighted by atomic mass is 79.9. The molecule has 3 rings (SSSR count). The van der Waals surface area contributed by atoms with Crippen LogP contribution >= 0.6 is 15.9 Å². The number of nitrogens with one attached hydrogen (secondary N) is 2. The van der Waals surface area contributed by atoms with E-state index in [1.807, 2.05) is 6.07 Å². The molecular formula is C22H19BrN2O4. The second kappa shape index (κ2) is 9.75. The Bertz CT molecular complexity index is 1010. The summed E-state index contributed by atoms with van der Waals surface area (Å²) in [6.45, 7) is 0.205. The van der Waals surface area contributed by atoms with Crippen molar-refractivity contribution in [3.63, 3.8) is 0 Å². The fourth-order valence-electron chi connectivity index (χ4n) is 2.54. The van der Waals surface area contributed by atoms with Crippen LogP contribution in [-0.4, -0.2) is 18.9 Å². The Hall–Kier alpha value is -3.32. The molecular weight excluding hydrogens is 436 g/mol. The number of rotatable bonds is 7. The fraction of sp³-hybridized carbons (Fsp3) is 0.0909. The van der Waals surface area contributed by atoms with Crippen molar-refractivity contribution in [2.75, 3.05) is 7.11 Å². The van der Waals surface area contributed by atoms with Crippen LogP contribution in [-0.2, 0) is 11.3 Å². The van der Waals surface area contributed by atoms with Crippen molar-refractivity contribution in [2.45, 2.75) is 6.54 Å². The van der Waals surface area contributed by atoms with Crippen LogP contribution in [0.4, 0.5) is 0 Å². The molecule has 0 fully saturated rings. The lowest BCUT2D eigenvalue weighted by Crippen LogP contribution is -2.34. The van der Waals surface area contributed by atoms with Gasteiger partial charge in [0.15, 0.2) is 0 Å². The van der Waals surface area contributed by atoms with Crippen molar-refractivity contribution in [3.8, 4) is 5.75 Å². The van der Waals surface area contributed by atoms with E-state index in [0.717, 1.165) is 5.56 Å². The van der Waals surface area contributed by atoms with Crippen LogP contribution in [0.15, 0.2) is 81.5 Å². The first-order chi connectivity index (χ1) is 14.1. The standard InChI is InChI=1S/C22H19BrN2O4/c1-28-16-10-8-15(9-11-16)13-20(22(27)24-14-17-5-4-12-29-17)25-21(26)18-6-2-3-7-19(18)23/h2-13H,14H2,1H3,(H,24,27)(H,25,26)/b20-13-. The van der Waals surface area contributed by atoms with Gasteiger partial charge in [-0.05, 0) is 64.0 Å². The molecule has 29 heavy (non-hydrogen) atoms. The Morgan fingerprint density at radius 3 is 2.48 bits per heavy atom. The van der Waals surface area contributed by atoms with E-state index in [4.69, 9.17) is 9.15 Å². The molecule has 2 amide bonds. The molecule has 2 N–H and O–H groups in total. The average Bonchev–Trinajstić information content (AvgIpc) is 3.26. The fourth-order valence-corrected chi connectivity index (χ4v) is 3.00. The van der Waals surface area contributed by atoms with Gasteiger partial charge >= 0.3 is 0 Å². The molecule has 0 bridgehead atoms. The first-order valence-corrected chi connectivity index (χ1v) is 9.58. The third kappa shape index (κ3) is 5.58. The first kappa shape index (κ1) is 20.4. The zero-order valence-corrected chi connectivity index (χ0v) is 17.2. The van der Waals surface area contributed by atoms with E-state index in [1.165, 1.54) is 6.26 Å². The van der Waals surface area contributed by atoms with E-state index in [9.17, 15) is 9.59 Å². The van der Waals surface area contributed by atoms with E-state index >= 15 is 0 Å². The minimum Gasteiger partial charge on any atom is -0.497 e. The number of methoxy groups -OCH3 is 1. The van der Waals surface area contributed by atoms with Crippen molar-refractivity contribution < 1.29 is 18.7 Å². The monoisotopic (exact) mass is 454 g/mol. The van der Waals surface area contributed by atoms with E-state index < -0.39 is 11.8 Å². The van der Waals surface area contributed by atoms with Gasteiger partial charge in [-0.15, -0.1) is 0 Å². The summed E-state index contributed by atoms with van der Waals surface area (Å²) in [4.78, 5) is 25.4. The van der Waals surface area contributed by atoms with Crippen LogP contribution in [0.5, 0.6) is 5.75 Å². The molecule has 0 radical (unpaired) electrons. The second-order valence-corrected chi connectivity index (χ2v) is 6.88. The highest BCUT2D eigenvalue weighted by Gasteiger charge is 2.16. The van der Waals surface area contributed by atoms with Gasteiger partial charge in [-0.25, -0.2) is 0 Å². The summed E-state index contributed by atoms with van der Waals surface area (Å²) in [6.07, 6.45) is 3.13. The SMILES string of the molecule is COc1ccc(/C=C(\NC(=O)c2ccccc2Br)C(=O)NCc2ccco2)cc1. The summed E-state index contributed by atoms with van der Waals surface area (Å²) in [5.74, 6) is 0.477. The van der Waals surface area contributed by atoms with Gasteiger partial charge in [0.2, 0.25) is 0 Å². The first-order valence-electron chi connectivity index (χ1n) is 8.79. The molecule has 2 aromatic carbocycles. The lowest BCUT2D eigenvalue weighted by molar-refractivity contribution is -0.118. The van der Waals surface area contributed by atoms with Crippen LogP contribution in [0.2, 0.25) is 0 Å². The summed E-state index contributed by atoms with van der Waals surface area (Å²) in [5.41, 5.74) is 1.27. The van der Waals surface area contributed by atoms with Gasteiger partial charge in [0, 0.05) is 4.47 Å². The van der Waals surface area contributed by atoms with Crippen LogP contribution in [0.25, 0.3) is 6.08 Å². The van der Waals surface area contributed by atoms with Crippen LogP contribution in [0, 0.1) is 0 Å². The maximum absolute atomic E-state index is 12.7. The molecule has 7 heteroatoms. The van der Waals surface area contributed by atoms with E-state index in [2.05, 4.69) is 26.6 Å². The predicted molar refractivity (Wildman–Crippen MR) is 113 cm³/mol. The van der Waals surface area contributed by atoms with Crippen molar-refractivity contribution in [3.05, 3.63) is 94.0 Å². The lowest BCUT2D eigenvalue weighted by Gasteiger charge is -2.11. The minimum absolute atomic E-state index is 0.113. The van der Waals surface area contributed by atoms with E-state index in [-0.39, 0.29) is 12.2 Å². The predicted octanol–water partition coefficient (Wildman–Crippen LogP) is 4.14. The maximum atomic E-state index is 12.7. The second-order valence-electron chi connectivity index (χ2n) is 6.03. The van der Waals surface area contributed by atoms with E-state index in [1.54, 1.807) is 67.8 Å². The molecule has 0 saturated heterocycles. The summed E-state index contributed by atoms with van der Waals surface area (Å²) >= 11 is 3.36. The molecule has 148 valence electrons. The summed E-state index contributed by atoms with van der Waals surface area (Å²) in [5, 5.41) is 5.45. The van der Waals surface area contributed by atoms with Gasteiger partial charge in [-0.1, -0.05) is 24.3 Å². The van der Waals surface area contributed by atoms with Crippen molar-refractivity contribution in [2.24, 2.45) is 0 Å². The highest BCUT2D eigenvalue weighted by molar-refractivity contribution is 9.10. The maximum Gasteiger partial charge on any atom is 0.268 e. The van der Waals surface area contributed by atoms with Crippen LogP contribution < -0.4 is 15.4 Å². The van der Waals surface area contributed by atoms with Gasteiger partial charge < -0.3 is 19.8 Å². The summed E-state index contributed by atoms with van der Waals surface area (Å²) in [6, 6.07) is 17.6. The molecule has 0 unspecified atom stereocenters. The molecule has 3 aromatic rings. The molecule has 6 nitrogen and oxygen atoms in total. The number of hydrogen-bond acceptors (Lipinski definition) is 4. The van der Waals surface area contributed by atoms with Gasteiger partial charge in [0.05, 0.1) is 25.5 Å². The summed E-state index contributed by atoms with van der Waals surface area (Å²) in [7, 11) is 1.58. The number of carbonyl (C=O) groups is 2. The number of amides is 2. The van der Waals surface area contributed by atoms with Gasteiger partial charge in [-0.2, -0.15) is 0 Å². The Morgan fingerprint density at radius 1 is 1.07 bits per heavy atom. The minimum atomic E-state index is -0.433. The van der Waals surface area contributed by atoms with Gasteiger partial charge in [0.1, 0.15) is 17.2 Å². The number of furan rings is 1.